The Morgan fingerprint density at radius 2 is 1.68 bits per heavy atom. The van der Waals surface area contributed by atoms with Crippen LogP contribution in [0.4, 0.5) is 17.1 Å². The summed E-state index contributed by atoms with van der Waals surface area (Å²) < 4.78 is 0. The van der Waals surface area contributed by atoms with E-state index in [0.717, 1.165) is 6.54 Å². The zero-order valence-corrected chi connectivity index (χ0v) is 11.0. The minimum absolute atomic E-state index is 0.529. The third-order valence-corrected chi connectivity index (χ3v) is 4.31. The molecule has 19 heavy (non-hydrogen) atoms. The summed E-state index contributed by atoms with van der Waals surface area (Å²) in [7, 11) is 0. The first kappa shape index (κ1) is 10.9. The summed E-state index contributed by atoms with van der Waals surface area (Å²) >= 11 is 0. The molecule has 2 aliphatic heterocycles. The van der Waals surface area contributed by atoms with E-state index < -0.39 is 0 Å². The molecular weight excluding hydrogens is 232 g/mol. The summed E-state index contributed by atoms with van der Waals surface area (Å²) in [5, 5.41) is 3.62. The summed E-state index contributed by atoms with van der Waals surface area (Å²) in [4.78, 5) is 2.58. The molecule has 0 aliphatic carbocycles. The van der Waals surface area contributed by atoms with Gasteiger partial charge in [-0.25, -0.2) is 0 Å². The zero-order valence-electron chi connectivity index (χ0n) is 11.0. The van der Waals surface area contributed by atoms with E-state index in [1.807, 2.05) is 0 Å². The Kier molecular flexibility index (Phi) is 2.47. The molecule has 1 saturated heterocycles. The lowest BCUT2D eigenvalue weighted by Crippen LogP contribution is -2.32. The lowest BCUT2D eigenvalue weighted by atomic mass is 9.94. The van der Waals surface area contributed by atoms with Crippen molar-refractivity contribution in [3.05, 3.63) is 54.1 Å². The highest BCUT2D eigenvalue weighted by Crippen LogP contribution is 2.44. The molecule has 2 aromatic rings. The number of nitrogens with one attached hydrogen (secondary N) is 1. The topological polar surface area (TPSA) is 15.3 Å². The van der Waals surface area contributed by atoms with Gasteiger partial charge in [-0.1, -0.05) is 30.3 Å². The van der Waals surface area contributed by atoms with Gasteiger partial charge in [-0.2, -0.15) is 0 Å². The standard InChI is InChI=1S/C17H18N2/c1-2-8-14-13(7-1)16-10-5-6-12-19(16)17-11-4-3-9-15(17)18-14/h1-4,7-9,11,16,18H,5-6,10,12H2. The molecule has 1 fully saturated rings. The van der Waals surface area contributed by atoms with Gasteiger partial charge in [-0.05, 0) is 43.0 Å². The molecule has 2 heterocycles. The maximum atomic E-state index is 3.62. The molecule has 4 rings (SSSR count). The van der Waals surface area contributed by atoms with Crippen molar-refractivity contribution in [2.24, 2.45) is 0 Å². The van der Waals surface area contributed by atoms with Crippen molar-refractivity contribution in [3.8, 4) is 0 Å². The molecule has 2 nitrogen and oxygen atoms in total. The molecular formula is C17H18N2. The van der Waals surface area contributed by atoms with Gasteiger partial charge < -0.3 is 10.2 Å². The molecule has 96 valence electrons. The van der Waals surface area contributed by atoms with Gasteiger partial charge in [-0.3, -0.25) is 0 Å². The smallest absolute Gasteiger partial charge is 0.0622 e. The van der Waals surface area contributed by atoms with Crippen LogP contribution in [0.2, 0.25) is 0 Å². The molecule has 0 aromatic heterocycles. The first-order valence-electron chi connectivity index (χ1n) is 7.15. The number of fused-ring (bicyclic) bond motifs is 5. The maximum absolute atomic E-state index is 3.62. The number of anilines is 3. The van der Waals surface area contributed by atoms with E-state index in [-0.39, 0.29) is 0 Å². The SMILES string of the molecule is c1ccc2c(c1)Nc1ccccc1N1CCCCC21. The van der Waals surface area contributed by atoms with Gasteiger partial charge in [0.2, 0.25) is 0 Å². The van der Waals surface area contributed by atoms with Gasteiger partial charge in [0.15, 0.2) is 0 Å². The summed E-state index contributed by atoms with van der Waals surface area (Å²) in [5.74, 6) is 0. The van der Waals surface area contributed by atoms with Crippen molar-refractivity contribution < 1.29 is 0 Å². The van der Waals surface area contributed by atoms with Gasteiger partial charge >= 0.3 is 0 Å². The molecule has 0 saturated carbocycles. The fourth-order valence-electron chi connectivity index (χ4n) is 3.42. The molecule has 2 heteroatoms. The average molecular weight is 250 g/mol. The molecule has 1 atom stereocenters. The number of rotatable bonds is 0. The second-order valence-electron chi connectivity index (χ2n) is 5.43. The van der Waals surface area contributed by atoms with Crippen LogP contribution in [0.25, 0.3) is 0 Å². The van der Waals surface area contributed by atoms with E-state index in [1.54, 1.807) is 0 Å². The number of benzene rings is 2. The Hall–Kier alpha value is -1.96. The van der Waals surface area contributed by atoms with Gasteiger partial charge in [-0.15, -0.1) is 0 Å². The molecule has 0 amide bonds. The molecule has 1 unspecified atom stereocenters. The first-order chi connectivity index (χ1) is 9.43. The van der Waals surface area contributed by atoms with Crippen LogP contribution >= 0.6 is 0 Å². The summed E-state index contributed by atoms with van der Waals surface area (Å²) in [6.45, 7) is 1.16. The minimum atomic E-state index is 0.529. The first-order valence-corrected chi connectivity index (χ1v) is 7.15. The third-order valence-electron chi connectivity index (χ3n) is 4.31. The van der Waals surface area contributed by atoms with Crippen molar-refractivity contribution in [2.75, 3.05) is 16.8 Å². The molecule has 0 bridgehead atoms. The molecule has 0 radical (unpaired) electrons. The van der Waals surface area contributed by atoms with Gasteiger partial charge in [0.1, 0.15) is 0 Å². The van der Waals surface area contributed by atoms with E-state index in [4.69, 9.17) is 0 Å². The van der Waals surface area contributed by atoms with Crippen LogP contribution in [0.15, 0.2) is 48.5 Å². The van der Waals surface area contributed by atoms with Crippen LogP contribution in [-0.4, -0.2) is 6.54 Å². The Morgan fingerprint density at radius 3 is 2.63 bits per heavy atom. The van der Waals surface area contributed by atoms with Crippen molar-refractivity contribution in [1.82, 2.24) is 0 Å². The monoisotopic (exact) mass is 250 g/mol. The molecule has 1 N–H and O–H groups in total. The lowest BCUT2D eigenvalue weighted by molar-refractivity contribution is 0.476. The Labute approximate surface area is 114 Å². The predicted molar refractivity (Wildman–Crippen MR) is 80.1 cm³/mol. The van der Waals surface area contributed by atoms with Crippen LogP contribution in [0.5, 0.6) is 0 Å². The fraction of sp³-hybridized carbons (Fsp3) is 0.294. The highest BCUT2D eigenvalue weighted by molar-refractivity contribution is 5.80. The van der Waals surface area contributed by atoms with E-state index in [9.17, 15) is 0 Å². The van der Waals surface area contributed by atoms with Crippen molar-refractivity contribution >= 4 is 17.1 Å². The number of hydrogen-bond donors (Lipinski definition) is 1. The van der Waals surface area contributed by atoms with E-state index in [1.165, 1.54) is 41.9 Å². The molecule has 2 aromatic carbocycles. The largest absolute Gasteiger partial charge is 0.363 e. The number of piperidine rings is 1. The lowest BCUT2D eigenvalue weighted by Gasteiger charge is -2.37. The highest BCUT2D eigenvalue weighted by atomic mass is 15.2. The average Bonchev–Trinajstić information content (AvgIpc) is 2.62. The normalized spacial score (nSPS) is 20.6. The highest BCUT2D eigenvalue weighted by Gasteiger charge is 2.29. The Morgan fingerprint density at radius 1 is 0.895 bits per heavy atom. The van der Waals surface area contributed by atoms with E-state index >= 15 is 0 Å². The van der Waals surface area contributed by atoms with E-state index in [2.05, 4.69) is 58.7 Å². The van der Waals surface area contributed by atoms with Gasteiger partial charge in [0.25, 0.3) is 0 Å². The molecule has 0 spiro atoms. The summed E-state index contributed by atoms with van der Waals surface area (Å²) in [5.41, 5.74) is 5.30. The van der Waals surface area contributed by atoms with Crippen LogP contribution in [-0.2, 0) is 0 Å². The van der Waals surface area contributed by atoms with E-state index in [0.29, 0.717) is 6.04 Å². The number of para-hydroxylation sites is 3. The number of nitrogens with zero attached hydrogens (tertiary/aromatic N) is 1. The summed E-state index contributed by atoms with van der Waals surface area (Å²) in [6.07, 6.45) is 3.89. The second kappa shape index (κ2) is 4.30. The Bertz CT molecular complexity index is 552. The fourth-order valence-corrected chi connectivity index (χ4v) is 3.42. The van der Waals surface area contributed by atoms with Crippen LogP contribution in [0.1, 0.15) is 30.9 Å². The quantitative estimate of drug-likeness (QED) is 0.741. The van der Waals surface area contributed by atoms with Crippen LogP contribution < -0.4 is 10.2 Å². The Balaban J connectivity index is 1.92. The van der Waals surface area contributed by atoms with Crippen molar-refractivity contribution in [3.63, 3.8) is 0 Å². The van der Waals surface area contributed by atoms with Crippen LogP contribution in [0, 0.1) is 0 Å². The third kappa shape index (κ3) is 1.71. The van der Waals surface area contributed by atoms with Crippen molar-refractivity contribution in [2.45, 2.75) is 25.3 Å². The van der Waals surface area contributed by atoms with Crippen molar-refractivity contribution in [1.29, 1.82) is 0 Å². The maximum Gasteiger partial charge on any atom is 0.0622 e. The van der Waals surface area contributed by atoms with Gasteiger partial charge in [0, 0.05) is 12.2 Å². The number of hydrogen-bond acceptors (Lipinski definition) is 2. The van der Waals surface area contributed by atoms with Gasteiger partial charge in [0.05, 0.1) is 17.4 Å². The summed E-state index contributed by atoms with van der Waals surface area (Å²) in [6, 6.07) is 18.0. The predicted octanol–water partition coefficient (Wildman–Crippen LogP) is 4.48. The molecule has 2 aliphatic rings. The second-order valence-corrected chi connectivity index (χ2v) is 5.43. The van der Waals surface area contributed by atoms with Crippen LogP contribution in [0.3, 0.4) is 0 Å². The minimum Gasteiger partial charge on any atom is -0.363 e. The zero-order chi connectivity index (χ0) is 12.7.